The van der Waals surface area contributed by atoms with Crippen LogP contribution in [-0.4, -0.2) is 25.5 Å². The highest BCUT2D eigenvalue weighted by molar-refractivity contribution is 5.76. The highest BCUT2D eigenvalue weighted by Crippen LogP contribution is 2.22. The zero-order valence-corrected chi connectivity index (χ0v) is 14.2. The molecule has 0 spiro atoms. The first kappa shape index (κ1) is 17.0. The molecule has 3 nitrogen and oxygen atoms in total. The summed E-state index contributed by atoms with van der Waals surface area (Å²) in [5, 5.41) is 6.41. The summed E-state index contributed by atoms with van der Waals surface area (Å²) in [5.41, 5.74) is 2.76. The van der Waals surface area contributed by atoms with Crippen LogP contribution in [0.25, 0.3) is 0 Å². The van der Waals surface area contributed by atoms with Crippen LogP contribution in [0.4, 0.5) is 0 Å². The first-order chi connectivity index (χ1) is 10.4. The van der Waals surface area contributed by atoms with Crippen LogP contribution >= 0.6 is 0 Å². The Bertz CT molecular complexity index is 467. The fourth-order valence-corrected chi connectivity index (χ4v) is 2.89. The molecule has 1 aliphatic rings. The van der Waals surface area contributed by atoms with Gasteiger partial charge in [-0.3, -0.25) is 4.79 Å². The maximum Gasteiger partial charge on any atom is 0.220 e. The molecule has 0 radical (unpaired) electrons. The van der Waals surface area contributed by atoms with Crippen LogP contribution in [0.15, 0.2) is 24.3 Å². The van der Waals surface area contributed by atoms with Crippen molar-refractivity contribution >= 4 is 5.91 Å². The van der Waals surface area contributed by atoms with E-state index in [-0.39, 0.29) is 11.3 Å². The first-order valence-corrected chi connectivity index (χ1v) is 8.52. The average molecular weight is 302 g/mol. The summed E-state index contributed by atoms with van der Waals surface area (Å²) in [7, 11) is 0. The molecule has 22 heavy (non-hydrogen) atoms. The van der Waals surface area contributed by atoms with Gasteiger partial charge in [0.25, 0.3) is 0 Å². The van der Waals surface area contributed by atoms with Gasteiger partial charge < -0.3 is 10.6 Å². The maximum absolute atomic E-state index is 11.9. The van der Waals surface area contributed by atoms with Gasteiger partial charge in [0.1, 0.15) is 0 Å². The Balaban J connectivity index is 1.67. The molecule has 1 fully saturated rings. The molecule has 1 amide bonds. The predicted octanol–water partition coefficient (Wildman–Crippen LogP) is 3.03. The van der Waals surface area contributed by atoms with Crippen molar-refractivity contribution in [1.82, 2.24) is 10.6 Å². The van der Waals surface area contributed by atoms with Crippen molar-refractivity contribution in [2.45, 2.75) is 51.9 Å². The first-order valence-electron chi connectivity index (χ1n) is 8.52. The lowest BCUT2D eigenvalue weighted by Crippen LogP contribution is -2.26. The van der Waals surface area contributed by atoms with Crippen LogP contribution in [-0.2, 0) is 16.6 Å². The van der Waals surface area contributed by atoms with Crippen LogP contribution < -0.4 is 10.6 Å². The Kier molecular flexibility index (Phi) is 6.01. The zero-order chi connectivity index (χ0) is 16.0. The standard InChI is InChI=1S/C19H30N2O/c1-19(2,3)17-7-4-15(5-8-17)6-9-18(22)21-13-11-16-10-12-20-14-16/h4-5,7-8,16,20H,6,9-14H2,1-3H3,(H,21,22). The smallest absolute Gasteiger partial charge is 0.220 e. The minimum Gasteiger partial charge on any atom is -0.356 e. The zero-order valence-electron chi connectivity index (χ0n) is 14.2. The monoisotopic (exact) mass is 302 g/mol. The summed E-state index contributed by atoms with van der Waals surface area (Å²) in [6, 6.07) is 8.66. The van der Waals surface area contributed by atoms with Crippen molar-refractivity contribution in [2.75, 3.05) is 19.6 Å². The minimum absolute atomic E-state index is 0.172. The number of benzene rings is 1. The van der Waals surface area contributed by atoms with E-state index in [1.54, 1.807) is 0 Å². The Morgan fingerprint density at radius 1 is 1.27 bits per heavy atom. The highest BCUT2D eigenvalue weighted by Gasteiger charge is 2.14. The van der Waals surface area contributed by atoms with E-state index in [9.17, 15) is 4.79 Å². The van der Waals surface area contributed by atoms with Crippen molar-refractivity contribution in [3.63, 3.8) is 0 Å². The second-order valence-electron chi connectivity index (χ2n) is 7.44. The molecule has 3 heteroatoms. The molecule has 1 saturated heterocycles. The highest BCUT2D eigenvalue weighted by atomic mass is 16.1. The molecular weight excluding hydrogens is 272 g/mol. The van der Waals surface area contributed by atoms with Crippen molar-refractivity contribution in [2.24, 2.45) is 5.92 Å². The Labute approximate surface area is 134 Å². The Morgan fingerprint density at radius 3 is 2.59 bits per heavy atom. The van der Waals surface area contributed by atoms with Gasteiger partial charge in [-0.05, 0) is 54.8 Å². The van der Waals surface area contributed by atoms with E-state index in [2.05, 4.69) is 55.7 Å². The normalized spacial score (nSPS) is 18.4. The van der Waals surface area contributed by atoms with E-state index >= 15 is 0 Å². The molecule has 0 aliphatic carbocycles. The van der Waals surface area contributed by atoms with Crippen LogP contribution in [0.2, 0.25) is 0 Å². The minimum atomic E-state index is 0.172. The van der Waals surface area contributed by atoms with Gasteiger partial charge >= 0.3 is 0 Å². The lowest BCUT2D eigenvalue weighted by atomic mass is 9.86. The second kappa shape index (κ2) is 7.77. The summed E-state index contributed by atoms with van der Waals surface area (Å²) >= 11 is 0. The van der Waals surface area contributed by atoms with Gasteiger partial charge in [-0.25, -0.2) is 0 Å². The number of hydrogen-bond donors (Lipinski definition) is 2. The molecule has 1 aliphatic heterocycles. The maximum atomic E-state index is 11.9. The van der Waals surface area contributed by atoms with E-state index < -0.39 is 0 Å². The van der Waals surface area contributed by atoms with E-state index in [1.165, 1.54) is 17.5 Å². The molecular formula is C19H30N2O. The second-order valence-corrected chi connectivity index (χ2v) is 7.44. The molecule has 1 aromatic carbocycles. The quantitative estimate of drug-likeness (QED) is 0.848. The summed E-state index contributed by atoms with van der Waals surface area (Å²) in [4.78, 5) is 11.9. The van der Waals surface area contributed by atoms with Crippen molar-refractivity contribution in [3.05, 3.63) is 35.4 Å². The lowest BCUT2D eigenvalue weighted by Gasteiger charge is -2.19. The number of nitrogens with one attached hydrogen (secondary N) is 2. The van der Waals surface area contributed by atoms with Crippen molar-refractivity contribution in [1.29, 1.82) is 0 Å². The molecule has 0 bridgehead atoms. The van der Waals surface area contributed by atoms with Gasteiger partial charge in [-0.2, -0.15) is 0 Å². The van der Waals surface area contributed by atoms with Gasteiger partial charge in [-0.15, -0.1) is 0 Å². The average Bonchev–Trinajstić information content (AvgIpc) is 2.98. The Morgan fingerprint density at radius 2 is 2.00 bits per heavy atom. The molecule has 2 N–H and O–H groups in total. The van der Waals surface area contributed by atoms with E-state index in [1.807, 2.05) is 0 Å². The van der Waals surface area contributed by atoms with E-state index in [0.29, 0.717) is 6.42 Å². The molecule has 1 unspecified atom stereocenters. The van der Waals surface area contributed by atoms with E-state index in [0.717, 1.165) is 38.4 Å². The third-order valence-corrected chi connectivity index (χ3v) is 4.50. The summed E-state index contributed by atoms with van der Waals surface area (Å²) in [5.74, 6) is 0.913. The largest absolute Gasteiger partial charge is 0.356 e. The summed E-state index contributed by atoms with van der Waals surface area (Å²) in [6.45, 7) is 9.70. The number of carbonyl (C=O) groups excluding carboxylic acids is 1. The van der Waals surface area contributed by atoms with Gasteiger partial charge in [0.05, 0.1) is 0 Å². The van der Waals surface area contributed by atoms with Crippen LogP contribution in [0.5, 0.6) is 0 Å². The molecule has 1 heterocycles. The van der Waals surface area contributed by atoms with Crippen molar-refractivity contribution < 1.29 is 4.79 Å². The molecule has 1 atom stereocenters. The van der Waals surface area contributed by atoms with Gasteiger partial charge in [0.2, 0.25) is 5.91 Å². The van der Waals surface area contributed by atoms with E-state index in [4.69, 9.17) is 0 Å². The molecule has 122 valence electrons. The van der Waals surface area contributed by atoms with Gasteiger partial charge in [0, 0.05) is 13.0 Å². The fourth-order valence-electron chi connectivity index (χ4n) is 2.89. The van der Waals surface area contributed by atoms with Crippen LogP contribution in [0.1, 0.15) is 51.2 Å². The lowest BCUT2D eigenvalue weighted by molar-refractivity contribution is -0.121. The molecule has 2 rings (SSSR count). The van der Waals surface area contributed by atoms with Crippen molar-refractivity contribution in [3.8, 4) is 0 Å². The third kappa shape index (κ3) is 5.45. The number of aryl methyl sites for hydroxylation is 1. The summed E-state index contributed by atoms with van der Waals surface area (Å²) < 4.78 is 0. The van der Waals surface area contributed by atoms with Crippen LogP contribution in [0, 0.1) is 5.92 Å². The number of carbonyl (C=O) groups is 1. The predicted molar refractivity (Wildman–Crippen MR) is 92.1 cm³/mol. The SMILES string of the molecule is CC(C)(C)c1ccc(CCC(=O)NCCC2CCNC2)cc1. The van der Waals surface area contributed by atoms with Gasteiger partial charge in [-0.1, -0.05) is 45.0 Å². The fraction of sp³-hybridized carbons (Fsp3) is 0.632. The molecule has 0 aromatic heterocycles. The molecule has 0 saturated carbocycles. The molecule has 1 aromatic rings. The topological polar surface area (TPSA) is 41.1 Å². The number of amides is 1. The number of hydrogen-bond acceptors (Lipinski definition) is 2. The third-order valence-electron chi connectivity index (χ3n) is 4.50. The Hall–Kier alpha value is -1.35. The van der Waals surface area contributed by atoms with Gasteiger partial charge in [0.15, 0.2) is 0 Å². The number of rotatable bonds is 6. The summed E-state index contributed by atoms with van der Waals surface area (Å²) in [6.07, 6.45) is 3.74. The van der Waals surface area contributed by atoms with Crippen LogP contribution in [0.3, 0.4) is 0 Å².